The van der Waals surface area contributed by atoms with Gasteiger partial charge in [-0.25, -0.2) is 0 Å². The van der Waals surface area contributed by atoms with E-state index in [1.807, 2.05) is 49.4 Å². The van der Waals surface area contributed by atoms with Crippen LogP contribution in [0.15, 0.2) is 42.5 Å². The van der Waals surface area contributed by atoms with E-state index in [4.69, 9.17) is 15.2 Å². The van der Waals surface area contributed by atoms with Crippen LogP contribution in [0.5, 0.6) is 5.75 Å². The Morgan fingerprint density at radius 2 is 1.95 bits per heavy atom. The highest BCUT2D eigenvalue weighted by Gasteiger charge is 2.05. The molecule has 4 heteroatoms. The summed E-state index contributed by atoms with van der Waals surface area (Å²) in [5.41, 5.74) is 9.57. The SMILES string of the molecule is CCOc1cc(Nc2ccccc2COC)ccc1N. The summed E-state index contributed by atoms with van der Waals surface area (Å²) in [5.74, 6) is 0.696. The number of nitrogens with one attached hydrogen (secondary N) is 1. The lowest BCUT2D eigenvalue weighted by atomic mass is 10.1. The molecule has 0 fully saturated rings. The summed E-state index contributed by atoms with van der Waals surface area (Å²) in [6.45, 7) is 3.10. The van der Waals surface area contributed by atoms with Gasteiger partial charge in [0.15, 0.2) is 0 Å². The van der Waals surface area contributed by atoms with E-state index in [2.05, 4.69) is 5.32 Å². The number of ether oxygens (including phenoxy) is 2. The molecule has 3 N–H and O–H groups in total. The number of hydrogen-bond acceptors (Lipinski definition) is 4. The molecule has 0 aliphatic carbocycles. The standard InChI is InChI=1S/C16H20N2O2/c1-3-20-16-10-13(8-9-14(16)17)18-15-7-5-4-6-12(15)11-19-2/h4-10,18H,3,11,17H2,1-2H3. The fraction of sp³-hybridized carbons (Fsp3) is 0.250. The van der Waals surface area contributed by atoms with Crippen LogP contribution >= 0.6 is 0 Å². The van der Waals surface area contributed by atoms with Crippen LogP contribution in [-0.2, 0) is 11.3 Å². The Bertz CT molecular complexity index is 570. The van der Waals surface area contributed by atoms with Crippen molar-refractivity contribution < 1.29 is 9.47 Å². The zero-order valence-corrected chi connectivity index (χ0v) is 11.8. The number of rotatable bonds is 6. The predicted octanol–water partition coefficient (Wildman–Crippen LogP) is 3.56. The van der Waals surface area contributed by atoms with Gasteiger partial charge in [0.25, 0.3) is 0 Å². The van der Waals surface area contributed by atoms with Crippen molar-refractivity contribution in [1.29, 1.82) is 0 Å². The first-order valence-corrected chi connectivity index (χ1v) is 6.60. The Morgan fingerprint density at radius 1 is 1.15 bits per heavy atom. The average molecular weight is 272 g/mol. The minimum atomic E-state index is 0.566. The molecule has 0 aromatic heterocycles. The van der Waals surface area contributed by atoms with Crippen molar-refractivity contribution in [2.45, 2.75) is 13.5 Å². The molecule has 0 heterocycles. The van der Waals surface area contributed by atoms with E-state index < -0.39 is 0 Å². The molecule has 0 bridgehead atoms. The second kappa shape index (κ2) is 6.82. The minimum absolute atomic E-state index is 0.566. The predicted molar refractivity (Wildman–Crippen MR) is 82.5 cm³/mol. The Morgan fingerprint density at radius 3 is 2.70 bits per heavy atom. The maximum Gasteiger partial charge on any atom is 0.144 e. The molecule has 2 aromatic carbocycles. The van der Waals surface area contributed by atoms with Gasteiger partial charge < -0.3 is 20.5 Å². The molecule has 0 saturated heterocycles. The molecule has 0 saturated carbocycles. The highest BCUT2D eigenvalue weighted by atomic mass is 16.5. The lowest BCUT2D eigenvalue weighted by molar-refractivity contribution is 0.185. The number of nitrogen functional groups attached to an aromatic ring is 1. The number of hydrogen-bond donors (Lipinski definition) is 2. The lowest BCUT2D eigenvalue weighted by Gasteiger charge is -2.13. The summed E-state index contributed by atoms with van der Waals surface area (Å²) in [7, 11) is 1.69. The molecule has 20 heavy (non-hydrogen) atoms. The van der Waals surface area contributed by atoms with E-state index in [1.54, 1.807) is 7.11 Å². The second-order valence-electron chi connectivity index (χ2n) is 4.40. The summed E-state index contributed by atoms with van der Waals surface area (Å²) in [5, 5.41) is 3.37. The Labute approximate surface area is 119 Å². The van der Waals surface area contributed by atoms with Gasteiger partial charge in [-0.2, -0.15) is 0 Å². The van der Waals surface area contributed by atoms with E-state index >= 15 is 0 Å². The number of methoxy groups -OCH3 is 1. The fourth-order valence-corrected chi connectivity index (χ4v) is 1.97. The molecule has 0 unspecified atom stereocenters. The van der Waals surface area contributed by atoms with Crippen molar-refractivity contribution in [1.82, 2.24) is 0 Å². The number of anilines is 3. The van der Waals surface area contributed by atoms with Crippen molar-refractivity contribution in [3.05, 3.63) is 48.0 Å². The third kappa shape index (κ3) is 3.42. The van der Waals surface area contributed by atoms with Crippen molar-refractivity contribution in [2.75, 3.05) is 24.8 Å². The molecular formula is C16H20N2O2. The summed E-state index contributed by atoms with van der Waals surface area (Å²) in [6, 6.07) is 13.7. The van der Waals surface area contributed by atoms with Crippen LogP contribution in [0.3, 0.4) is 0 Å². The van der Waals surface area contributed by atoms with Gasteiger partial charge in [0.1, 0.15) is 5.75 Å². The summed E-state index contributed by atoms with van der Waals surface area (Å²) >= 11 is 0. The third-order valence-electron chi connectivity index (χ3n) is 2.91. The second-order valence-corrected chi connectivity index (χ2v) is 4.40. The molecule has 2 rings (SSSR count). The van der Waals surface area contributed by atoms with E-state index in [-0.39, 0.29) is 0 Å². The molecule has 0 amide bonds. The highest BCUT2D eigenvalue weighted by Crippen LogP contribution is 2.28. The minimum Gasteiger partial charge on any atom is -0.492 e. The average Bonchev–Trinajstić information content (AvgIpc) is 2.45. The monoisotopic (exact) mass is 272 g/mol. The van der Waals surface area contributed by atoms with E-state index in [1.165, 1.54) is 0 Å². The number of nitrogens with two attached hydrogens (primary N) is 1. The van der Waals surface area contributed by atoms with E-state index in [9.17, 15) is 0 Å². The van der Waals surface area contributed by atoms with Crippen molar-refractivity contribution in [3.8, 4) is 5.75 Å². The molecule has 2 aromatic rings. The van der Waals surface area contributed by atoms with Gasteiger partial charge in [-0.05, 0) is 25.1 Å². The molecular weight excluding hydrogens is 252 g/mol. The van der Waals surface area contributed by atoms with Gasteiger partial charge in [0.2, 0.25) is 0 Å². The summed E-state index contributed by atoms with van der Waals surface area (Å²) in [4.78, 5) is 0. The first kappa shape index (κ1) is 14.2. The summed E-state index contributed by atoms with van der Waals surface area (Å²) < 4.78 is 10.7. The maximum absolute atomic E-state index is 5.87. The van der Waals surface area contributed by atoms with Crippen LogP contribution in [0.1, 0.15) is 12.5 Å². The Kier molecular flexibility index (Phi) is 4.85. The number of benzene rings is 2. The Hall–Kier alpha value is -2.20. The van der Waals surface area contributed by atoms with Crippen molar-refractivity contribution >= 4 is 17.1 Å². The van der Waals surface area contributed by atoms with Gasteiger partial charge in [0, 0.05) is 30.1 Å². The van der Waals surface area contributed by atoms with Crippen molar-refractivity contribution in [3.63, 3.8) is 0 Å². The molecule has 0 radical (unpaired) electrons. The van der Waals surface area contributed by atoms with Crippen LogP contribution in [0.25, 0.3) is 0 Å². The molecule has 4 nitrogen and oxygen atoms in total. The topological polar surface area (TPSA) is 56.5 Å². The van der Waals surface area contributed by atoms with Gasteiger partial charge in [0.05, 0.1) is 18.9 Å². The normalized spacial score (nSPS) is 10.3. The van der Waals surface area contributed by atoms with Crippen LogP contribution in [0.2, 0.25) is 0 Å². The van der Waals surface area contributed by atoms with Gasteiger partial charge >= 0.3 is 0 Å². The third-order valence-corrected chi connectivity index (χ3v) is 2.91. The maximum atomic E-state index is 5.87. The van der Waals surface area contributed by atoms with Crippen LogP contribution in [0.4, 0.5) is 17.1 Å². The highest BCUT2D eigenvalue weighted by molar-refractivity contribution is 5.68. The van der Waals surface area contributed by atoms with Gasteiger partial charge in [-0.1, -0.05) is 18.2 Å². The zero-order chi connectivity index (χ0) is 14.4. The first-order valence-electron chi connectivity index (χ1n) is 6.60. The smallest absolute Gasteiger partial charge is 0.144 e. The molecule has 0 spiro atoms. The van der Waals surface area contributed by atoms with Crippen LogP contribution in [0, 0.1) is 0 Å². The molecule has 106 valence electrons. The van der Waals surface area contributed by atoms with Crippen LogP contribution < -0.4 is 15.8 Å². The van der Waals surface area contributed by atoms with Gasteiger partial charge in [-0.15, -0.1) is 0 Å². The molecule has 0 aliphatic heterocycles. The quantitative estimate of drug-likeness (QED) is 0.789. The van der Waals surface area contributed by atoms with E-state index in [0.29, 0.717) is 24.7 Å². The summed E-state index contributed by atoms with van der Waals surface area (Å²) in [6.07, 6.45) is 0. The van der Waals surface area contributed by atoms with Crippen molar-refractivity contribution in [2.24, 2.45) is 0 Å². The fourth-order valence-electron chi connectivity index (χ4n) is 1.97. The van der Waals surface area contributed by atoms with Crippen LogP contribution in [-0.4, -0.2) is 13.7 Å². The van der Waals surface area contributed by atoms with Gasteiger partial charge in [-0.3, -0.25) is 0 Å². The largest absolute Gasteiger partial charge is 0.492 e. The zero-order valence-electron chi connectivity index (χ0n) is 11.8. The Balaban J connectivity index is 2.23. The van der Waals surface area contributed by atoms with E-state index in [0.717, 1.165) is 16.9 Å². The number of para-hydroxylation sites is 1. The lowest BCUT2D eigenvalue weighted by Crippen LogP contribution is -2.00. The molecule has 0 aliphatic rings. The molecule has 0 atom stereocenters. The first-order chi connectivity index (χ1) is 9.74.